The van der Waals surface area contributed by atoms with Crippen molar-refractivity contribution in [2.45, 2.75) is 72.1 Å². The van der Waals surface area contributed by atoms with Crippen LogP contribution in [0.3, 0.4) is 0 Å². The summed E-state index contributed by atoms with van der Waals surface area (Å²) >= 11 is 0. The van der Waals surface area contributed by atoms with Gasteiger partial charge in [-0.1, -0.05) is 20.8 Å². The highest BCUT2D eigenvalue weighted by Gasteiger charge is 2.46. The molecule has 22 heavy (non-hydrogen) atoms. The predicted molar refractivity (Wildman–Crippen MR) is 92.5 cm³/mol. The third-order valence-corrected chi connectivity index (χ3v) is 8.59. The van der Waals surface area contributed by atoms with Crippen molar-refractivity contribution in [2.24, 2.45) is 5.41 Å². The van der Waals surface area contributed by atoms with Gasteiger partial charge in [0.2, 0.25) is 0 Å². The van der Waals surface area contributed by atoms with Gasteiger partial charge in [0.25, 0.3) is 0 Å². The summed E-state index contributed by atoms with van der Waals surface area (Å²) in [5, 5.41) is 0. The molecule has 5 heteroatoms. The zero-order chi connectivity index (χ0) is 16.5. The minimum atomic E-state index is -2.07. The highest BCUT2D eigenvalue weighted by atomic mass is 28.4. The molecule has 1 saturated heterocycles. The average Bonchev–Trinajstić information content (AvgIpc) is 2.48. The van der Waals surface area contributed by atoms with E-state index in [2.05, 4.69) is 34.6 Å². The first-order chi connectivity index (χ1) is 10.6. The lowest BCUT2D eigenvalue weighted by atomic mass is 9.76. The van der Waals surface area contributed by atoms with Crippen molar-refractivity contribution in [3.63, 3.8) is 0 Å². The van der Waals surface area contributed by atoms with E-state index in [4.69, 9.17) is 18.3 Å². The summed E-state index contributed by atoms with van der Waals surface area (Å²) in [5.41, 5.74) is 0.210. The first-order valence-corrected chi connectivity index (χ1v) is 11.3. The molecule has 0 aliphatic carbocycles. The molecule has 1 aliphatic rings. The van der Waals surface area contributed by atoms with Gasteiger partial charge in [-0.15, -0.1) is 0 Å². The molecule has 0 saturated carbocycles. The monoisotopic (exact) mass is 332 g/mol. The number of ether oxygens (including phenoxy) is 2. The molecule has 0 aromatic rings. The van der Waals surface area contributed by atoms with Crippen molar-refractivity contribution < 1.29 is 18.3 Å². The van der Waals surface area contributed by atoms with Crippen LogP contribution in [0.2, 0.25) is 12.1 Å². The van der Waals surface area contributed by atoms with E-state index in [0.29, 0.717) is 0 Å². The van der Waals surface area contributed by atoms with E-state index in [1.165, 1.54) is 0 Å². The van der Waals surface area contributed by atoms with Crippen LogP contribution >= 0.6 is 0 Å². The van der Waals surface area contributed by atoms with Gasteiger partial charge in [-0.25, -0.2) is 0 Å². The normalized spacial score (nSPS) is 19.0. The van der Waals surface area contributed by atoms with E-state index in [9.17, 15) is 0 Å². The smallest absolute Gasteiger partial charge is 0.337 e. The Bertz CT molecular complexity index is 283. The summed E-state index contributed by atoms with van der Waals surface area (Å²) in [6, 6.07) is 2.02. The van der Waals surface area contributed by atoms with Gasteiger partial charge in [0.1, 0.15) is 0 Å². The van der Waals surface area contributed by atoms with Crippen LogP contribution in [0.5, 0.6) is 0 Å². The van der Waals surface area contributed by atoms with Crippen molar-refractivity contribution in [1.29, 1.82) is 0 Å². The predicted octanol–water partition coefficient (Wildman–Crippen LogP) is 4.13. The molecule has 0 radical (unpaired) electrons. The Labute approximate surface area is 138 Å². The van der Waals surface area contributed by atoms with Crippen LogP contribution in [-0.2, 0) is 18.3 Å². The van der Waals surface area contributed by atoms with Crippen LogP contribution in [0, 0.1) is 5.41 Å². The van der Waals surface area contributed by atoms with Crippen LogP contribution in [0.1, 0.15) is 53.9 Å². The van der Waals surface area contributed by atoms with Crippen LogP contribution < -0.4 is 0 Å². The SMILES string of the molecule is CCCOC(CC[Si](CC)(OCC)OCC)C1(CC)COC1. The maximum Gasteiger partial charge on any atom is 0.337 e. The minimum Gasteiger partial charge on any atom is -0.394 e. The zero-order valence-electron chi connectivity index (χ0n) is 15.3. The lowest BCUT2D eigenvalue weighted by Gasteiger charge is -2.47. The fraction of sp³-hybridized carbons (Fsp3) is 1.00. The first kappa shape index (κ1) is 20.1. The lowest BCUT2D eigenvalue weighted by molar-refractivity contribution is -0.190. The maximum atomic E-state index is 6.22. The topological polar surface area (TPSA) is 36.9 Å². The van der Waals surface area contributed by atoms with E-state index < -0.39 is 8.56 Å². The Balaban J connectivity index is 2.70. The van der Waals surface area contributed by atoms with Gasteiger partial charge in [0, 0.05) is 25.2 Å². The van der Waals surface area contributed by atoms with Crippen molar-refractivity contribution in [3.05, 3.63) is 0 Å². The molecule has 1 fully saturated rings. The molecular formula is C17H36O4Si. The lowest BCUT2D eigenvalue weighted by Crippen LogP contribution is -2.53. The summed E-state index contributed by atoms with van der Waals surface area (Å²) in [7, 11) is -2.07. The summed E-state index contributed by atoms with van der Waals surface area (Å²) in [6.45, 7) is 14.7. The Hall–Kier alpha value is 0.0569. The van der Waals surface area contributed by atoms with Gasteiger partial charge in [-0.05, 0) is 45.2 Å². The van der Waals surface area contributed by atoms with E-state index >= 15 is 0 Å². The molecule has 0 N–H and O–H groups in total. The van der Waals surface area contributed by atoms with Crippen LogP contribution in [0.25, 0.3) is 0 Å². The summed E-state index contributed by atoms with van der Waals surface area (Å²) < 4.78 is 23.9. The molecule has 1 unspecified atom stereocenters. The minimum absolute atomic E-state index is 0.210. The summed E-state index contributed by atoms with van der Waals surface area (Å²) in [4.78, 5) is 0. The highest BCUT2D eigenvalue weighted by Crippen LogP contribution is 2.40. The average molecular weight is 333 g/mol. The standard InChI is InChI=1S/C17H36O4Si/c1-6-12-19-16(17(7-2)14-18-15-17)11-13-22(10-5,20-8-3)21-9-4/h16H,6-15H2,1-5H3. The molecular weight excluding hydrogens is 296 g/mol. The van der Waals surface area contributed by atoms with Gasteiger partial charge in [0.15, 0.2) is 0 Å². The second-order valence-electron chi connectivity index (χ2n) is 6.24. The Morgan fingerprint density at radius 1 is 1.05 bits per heavy atom. The van der Waals surface area contributed by atoms with Crippen LogP contribution in [0.4, 0.5) is 0 Å². The third kappa shape index (κ3) is 5.03. The number of rotatable bonds is 13. The molecule has 132 valence electrons. The van der Waals surface area contributed by atoms with Crippen LogP contribution in [0.15, 0.2) is 0 Å². The highest BCUT2D eigenvalue weighted by molar-refractivity contribution is 6.67. The molecule has 1 aliphatic heterocycles. The Morgan fingerprint density at radius 3 is 2.05 bits per heavy atom. The molecule has 0 bridgehead atoms. The van der Waals surface area contributed by atoms with Crippen molar-refractivity contribution in [3.8, 4) is 0 Å². The van der Waals surface area contributed by atoms with Gasteiger partial charge in [-0.2, -0.15) is 0 Å². The number of hydrogen-bond acceptors (Lipinski definition) is 4. The summed E-state index contributed by atoms with van der Waals surface area (Å²) in [5.74, 6) is 0. The fourth-order valence-electron chi connectivity index (χ4n) is 3.25. The second-order valence-corrected chi connectivity index (χ2v) is 9.84. The molecule has 1 heterocycles. The van der Waals surface area contributed by atoms with Crippen molar-refractivity contribution in [2.75, 3.05) is 33.0 Å². The largest absolute Gasteiger partial charge is 0.394 e. The summed E-state index contributed by atoms with van der Waals surface area (Å²) in [6.07, 6.45) is 3.47. The van der Waals surface area contributed by atoms with Gasteiger partial charge in [0.05, 0.1) is 19.3 Å². The molecule has 0 amide bonds. The second kappa shape index (κ2) is 10.0. The fourth-order valence-corrected chi connectivity index (χ4v) is 6.14. The maximum absolute atomic E-state index is 6.22. The molecule has 4 nitrogen and oxygen atoms in total. The quantitative estimate of drug-likeness (QED) is 0.475. The zero-order valence-corrected chi connectivity index (χ0v) is 16.3. The van der Waals surface area contributed by atoms with Gasteiger partial charge >= 0.3 is 8.56 Å². The molecule has 1 atom stereocenters. The van der Waals surface area contributed by atoms with E-state index in [-0.39, 0.29) is 11.5 Å². The van der Waals surface area contributed by atoms with Crippen LogP contribution in [-0.4, -0.2) is 47.7 Å². The van der Waals surface area contributed by atoms with Crippen molar-refractivity contribution in [1.82, 2.24) is 0 Å². The van der Waals surface area contributed by atoms with E-state index in [1.54, 1.807) is 0 Å². The Kier molecular flexibility index (Phi) is 9.17. The molecule has 0 aromatic carbocycles. The van der Waals surface area contributed by atoms with Crippen molar-refractivity contribution >= 4 is 8.56 Å². The van der Waals surface area contributed by atoms with E-state index in [1.807, 2.05) is 0 Å². The molecule has 0 aromatic heterocycles. The molecule has 0 spiro atoms. The van der Waals surface area contributed by atoms with E-state index in [0.717, 1.165) is 64.4 Å². The Morgan fingerprint density at radius 2 is 1.68 bits per heavy atom. The first-order valence-electron chi connectivity index (χ1n) is 9.09. The molecule has 1 rings (SSSR count). The van der Waals surface area contributed by atoms with Gasteiger partial charge < -0.3 is 18.3 Å². The third-order valence-electron chi connectivity index (χ3n) is 4.83. The van der Waals surface area contributed by atoms with Gasteiger partial charge in [-0.3, -0.25) is 0 Å². The number of hydrogen-bond donors (Lipinski definition) is 0.